The molecule has 5 nitrogen and oxygen atoms in total. The molecular weight excluding hydrogens is 250 g/mol. The largest absolute Gasteiger partial charge is 0.394 e. The van der Waals surface area contributed by atoms with Gasteiger partial charge in [-0.25, -0.2) is 9.78 Å². The molecule has 1 heterocycles. The highest BCUT2D eigenvalue weighted by atomic mass is 32.1. The van der Waals surface area contributed by atoms with Gasteiger partial charge in [-0.3, -0.25) is 0 Å². The van der Waals surface area contributed by atoms with Crippen molar-refractivity contribution in [3.63, 3.8) is 0 Å². The number of aliphatic hydroxyl groups is 1. The lowest BCUT2D eigenvalue weighted by atomic mass is 9.98. The average molecular weight is 271 g/mol. The van der Waals surface area contributed by atoms with Gasteiger partial charge >= 0.3 is 6.03 Å². The number of aromatic nitrogens is 1. The van der Waals surface area contributed by atoms with Crippen LogP contribution in [0.4, 0.5) is 4.79 Å². The number of carbonyl (C=O) groups excluding carboxylic acids is 1. The van der Waals surface area contributed by atoms with Crippen LogP contribution in [0.3, 0.4) is 0 Å². The van der Waals surface area contributed by atoms with Crippen LogP contribution in [0.1, 0.15) is 36.6 Å². The highest BCUT2D eigenvalue weighted by molar-refractivity contribution is 7.11. The summed E-state index contributed by atoms with van der Waals surface area (Å²) in [6.07, 6.45) is 3.42. The van der Waals surface area contributed by atoms with Crippen molar-refractivity contribution >= 4 is 17.4 Å². The molecule has 2 amide bonds. The fraction of sp³-hybridized carbons (Fsp3) is 0.667. The Bertz CT molecular complexity index is 394. The maximum atomic E-state index is 11.7. The molecule has 0 spiro atoms. The minimum atomic E-state index is -0.553. The summed E-state index contributed by atoms with van der Waals surface area (Å²) in [5, 5.41) is 15.9. The summed E-state index contributed by atoms with van der Waals surface area (Å²) >= 11 is 1.56. The molecule has 3 N–H and O–H groups in total. The van der Waals surface area contributed by atoms with Gasteiger partial charge < -0.3 is 15.7 Å². The third-order valence-corrected chi connectivity index (χ3v) is 3.57. The van der Waals surface area contributed by atoms with Crippen molar-refractivity contribution in [1.82, 2.24) is 15.6 Å². The van der Waals surface area contributed by atoms with Gasteiger partial charge in [0.1, 0.15) is 0 Å². The van der Waals surface area contributed by atoms with E-state index < -0.39 is 5.54 Å². The number of thiazole rings is 1. The van der Waals surface area contributed by atoms with E-state index in [1.165, 1.54) is 0 Å². The van der Waals surface area contributed by atoms with Gasteiger partial charge in [0, 0.05) is 11.1 Å². The predicted octanol–water partition coefficient (Wildman–Crippen LogP) is 1.80. The van der Waals surface area contributed by atoms with Gasteiger partial charge in [0.2, 0.25) is 0 Å². The summed E-state index contributed by atoms with van der Waals surface area (Å²) in [6.45, 7) is 6.19. The maximum absolute atomic E-state index is 11.7. The first kappa shape index (κ1) is 14.9. The fourth-order valence-electron chi connectivity index (χ4n) is 1.71. The first-order chi connectivity index (χ1) is 8.49. The second-order valence-corrected chi connectivity index (χ2v) is 5.94. The first-order valence-electron chi connectivity index (χ1n) is 6.07. The Morgan fingerprint density at radius 2 is 2.33 bits per heavy atom. The van der Waals surface area contributed by atoms with Crippen LogP contribution in [0, 0.1) is 6.92 Å². The number of nitrogens with one attached hydrogen (secondary N) is 2. The summed E-state index contributed by atoms with van der Waals surface area (Å²) in [6, 6.07) is -0.258. The van der Waals surface area contributed by atoms with Crippen molar-refractivity contribution in [1.29, 1.82) is 0 Å². The number of rotatable bonds is 6. The van der Waals surface area contributed by atoms with Gasteiger partial charge in [-0.1, -0.05) is 13.3 Å². The number of urea groups is 1. The Labute approximate surface area is 112 Å². The molecule has 102 valence electrons. The summed E-state index contributed by atoms with van der Waals surface area (Å²) in [4.78, 5) is 16.9. The zero-order valence-electron chi connectivity index (χ0n) is 11.1. The summed E-state index contributed by atoms with van der Waals surface area (Å²) in [7, 11) is 0. The van der Waals surface area contributed by atoms with Gasteiger partial charge in [0.25, 0.3) is 0 Å². The van der Waals surface area contributed by atoms with Crippen molar-refractivity contribution in [2.75, 3.05) is 6.61 Å². The van der Waals surface area contributed by atoms with E-state index in [0.717, 1.165) is 22.7 Å². The lowest BCUT2D eigenvalue weighted by Crippen LogP contribution is -2.52. The van der Waals surface area contributed by atoms with Gasteiger partial charge in [0.05, 0.1) is 23.7 Å². The van der Waals surface area contributed by atoms with Crippen molar-refractivity contribution in [2.45, 2.75) is 45.7 Å². The van der Waals surface area contributed by atoms with Crippen LogP contribution in [0.15, 0.2) is 6.20 Å². The molecule has 0 aliphatic rings. The van der Waals surface area contributed by atoms with E-state index in [-0.39, 0.29) is 12.6 Å². The Kier molecular flexibility index (Phi) is 5.55. The molecule has 0 radical (unpaired) electrons. The Hall–Kier alpha value is -1.14. The number of nitrogens with zero attached hydrogens (tertiary/aromatic N) is 1. The van der Waals surface area contributed by atoms with Crippen molar-refractivity contribution in [3.05, 3.63) is 16.1 Å². The maximum Gasteiger partial charge on any atom is 0.315 e. The number of amides is 2. The molecule has 0 bridgehead atoms. The van der Waals surface area contributed by atoms with Gasteiger partial charge in [-0.05, 0) is 20.3 Å². The molecule has 1 unspecified atom stereocenters. The van der Waals surface area contributed by atoms with Gasteiger partial charge in [-0.15, -0.1) is 11.3 Å². The summed E-state index contributed by atoms with van der Waals surface area (Å²) in [5.74, 6) is 0. The molecule has 0 fully saturated rings. The highest BCUT2D eigenvalue weighted by Gasteiger charge is 2.24. The molecule has 0 aliphatic carbocycles. The minimum Gasteiger partial charge on any atom is -0.394 e. The molecule has 18 heavy (non-hydrogen) atoms. The minimum absolute atomic E-state index is 0.0616. The monoisotopic (exact) mass is 271 g/mol. The molecule has 1 aromatic heterocycles. The van der Waals surface area contributed by atoms with Crippen LogP contribution in [0.25, 0.3) is 0 Å². The molecule has 0 saturated carbocycles. The molecule has 1 rings (SSSR count). The van der Waals surface area contributed by atoms with Crippen LogP contribution in [0.5, 0.6) is 0 Å². The molecule has 1 atom stereocenters. The smallest absolute Gasteiger partial charge is 0.315 e. The number of aryl methyl sites for hydroxylation is 1. The first-order valence-corrected chi connectivity index (χ1v) is 6.89. The second-order valence-electron chi connectivity index (χ2n) is 4.62. The van der Waals surface area contributed by atoms with Crippen LogP contribution < -0.4 is 10.6 Å². The van der Waals surface area contributed by atoms with E-state index >= 15 is 0 Å². The molecule has 0 saturated heterocycles. The molecule has 0 aliphatic heterocycles. The van der Waals surface area contributed by atoms with Crippen LogP contribution in [-0.4, -0.2) is 28.3 Å². The number of carbonyl (C=O) groups is 1. The van der Waals surface area contributed by atoms with Crippen LogP contribution in [-0.2, 0) is 6.54 Å². The number of hydrogen-bond donors (Lipinski definition) is 3. The summed E-state index contributed by atoms with van der Waals surface area (Å²) < 4.78 is 0. The average Bonchev–Trinajstić information content (AvgIpc) is 2.73. The zero-order chi connectivity index (χ0) is 13.6. The van der Waals surface area contributed by atoms with Crippen molar-refractivity contribution in [3.8, 4) is 0 Å². The van der Waals surface area contributed by atoms with E-state index in [1.807, 2.05) is 20.8 Å². The van der Waals surface area contributed by atoms with Crippen molar-refractivity contribution in [2.24, 2.45) is 0 Å². The Balaban J connectivity index is 2.41. The highest BCUT2D eigenvalue weighted by Crippen LogP contribution is 2.12. The second kappa shape index (κ2) is 6.70. The lowest BCUT2D eigenvalue weighted by molar-refractivity contribution is 0.163. The van der Waals surface area contributed by atoms with E-state index in [2.05, 4.69) is 15.6 Å². The van der Waals surface area contributed by atoms with E-state index in [0.29, 0.717) is 6.54 Å². The van der Waals surface area contributed by atoms with Crippen LogP contribution >= 0.6 is 11.3 Å². The van der Waals surface area contributed by atoms with E-state index in [9.17, 15) is 9.90 Å². The summed E-state index contributed by atoms with van der Waals surface area (Å²) in [5.41, 5.74) is -0.553. The quantitative estimate of drug-likeness (QED) is 0.738. The van der Waals surface area contributed by atoms with Crippen LogP contribution in [0.2, 0.25) is 0 Å². The molecule has 6 heteroatoms. The van der Waals surface area contributed by atoms with Gasteiger partial charge in [0.15, 0.2) is 0 Å². The SMILES string of the molecule is CCCC(C)(CO)NC(=O)NCc1cnc(C)s1. The topological polar surface area (TPSA) is 74.2 Å². The zero-order valence-corrected chi connectivity index (χ0v) is 11.9. The Morgan fingerprint density at radius 3 is 2.83 bits per heavy atom. The third-order valence-electron chi connectivity index (χ3n) is 2.66. The Morgan fingerprint density at radius 1 is 1.61 bits per heavy atom. The van der Waals surface area contributed by atoms with E-state index in [1.54, 1.807) is 17.5 Å². The molecule has 0 aromatic carbocycles. The predicted molar refractivity (Wildman–Crippen MR) is 72.6 cm³/mol. The van der Waals surface area contributed by atoms with Crippen molar-refractivity contribution < 1.29 is 9.90 Å². The standard InChI is InChI=1S/C12H21N3O2S/c1-4-5-12(3,8-16)15-11(17)14-7-10-6-13-9(2)18-10/h6,16H,4-5,7-8H2,1-3H3,(H2,14,15,17). The fourth-order valence-corrected chi connectivity index (χ4v) is 2.44. The third kappa shape index (κ3) is 4.62. The number of hydrogen-bond acceptors (Lipinski definition) is 4. The van der Waals surface area contributed by atoms with Gasteiger partial charge in [-0.2, -0.15) is 0 Å². The molecular formula is C12H21N3O2S. The van der Waals surface area contributed by atoms with E-state index in [4.69, 9.17) is 0 Å². The molecule has 1 aromatic rings. The lowest BCUT2D eigenvalue weighted by Gasteiger charge is -2.28. The normalized spacial score (nSPS) is 14.0. The number of aliphatic hydroxyl groups excluding tert-OH is 1.